The summed E-state index contributed by atoms with van der Waals surface area (Å²) in [6.07, 6.45) is 2.14. The highest BCUT2D eigenvalue weighted by molar-refractivity contribution is 5.53. The van der Waals surface area contributed by atoms with Crippen LogP contribution >= 0.6 is 0 Å². The van der Waals surface area contributed by atoms with E-state index in [-0.39, 0.29) is 6.61 Å². The maximum atomic E-state index is 8.39. The van der Waals surface area contributed by atoms with Crippen LogP contribution in [0.3, 0.4) is 0 Å². The number of hydrogen-bond acceptors (Lipinski definition) is 3. The molecule has 0 saturated heterocycles. The smallest absolute Gasteiger partial charge is 0.174 e. The molecule has 0 fully saturated rings. The van der Waals surface area contributed by atoms with Gasteiger partial charge >= 0.3 is 0 Å². The zero-order valence-corrected chi connectivity index (χ0v) is 10.4. The van der Waals surface area contributed by atoms with E-state index >= 15 is 0 Å². The van der Waals surface area contributed by atoms with Gasteiger partial charge in [0.15, 0.2) is 6.61 Å². The molecule has 3 heteroatoms. The number of nitrogens with zero attached hydrogens (tertiary/aromatic N) is 1. The SMILES string of the molecule is CCNCC(C)=Cc1ccc(OCC#N)cc1. The highest BCUT2D eigenvalue weighted by atomic mass is 16.5. The van der Waals surface area contributed by atoms with Gasteiger partial charge in [-0.1, -0.05) is 30.7 Å². The summed E-state index contributed by atoms with van der Waals surface area (Å²) >= 11 is 0. The van der Waals surface area contributed by atoms with Gasteiger partial charge in [0.25, 0.3) is 0 Å². The molecule has 0 aliphatic carbocycles. The van der Waals surface area contributed by atoms with Gasteiger partial charge in [-0.05, 0) is 31.2 Å². The number of hydrogen-bond donors (Lipinski definition) is 1. The van der Waals surface area contributed by atoms with Crippen LogP contribution in [0.25, 0.3) is 6.08 Å². The Balaban J connectivity index is 2.58. The molecular weight excluding hydrogens is 212 g/mol. The van der Waals surface area contributed by atoms with Crippen LogP contribution in [-0.2, 0) is 0 Å². The third-order valence-electron chi connectivity index (χ3n) is 2.25. The summed E-state index contributed by atoms with van der Waals surface area (Å²) in [6, 6.07) is 9.68. The number of rotatable bonds is 6. The molecule has 0 aliphatic heterocycles. The first-order valence-electron chi connectivity index (χ1n) is 5.74. The molecule has 0 aromatic heterocycles. The van der Waals surface area contributed by atoms with Crippen LogP contribution in [0.5, 0.6) is 5.75 Å². The van der Waals surface area contributed by atoms with Crippen molar-refractivity contribution in [2.75, 3.05) is 19.7 Å². The van der Waals surface area contributed by atoms with Crippen molar-refractivity contribution in [3.63, 3.8) is 0 Å². The zero-order valence-electron chi connectivity index (χ0n) is 10.4. The van der Waals surface area contributed by atoms with Gasteiger partial charge in [-0.25, -0.2) is 0 Å². The fourth-order valence-electron chi connectivity index (χ4n) is 1.43. The highest BCUT2D eigenvalue weighted by Gasteiger charge is 1.94. The Kier molecular flexibility index (Phi) is 5.84. The first kappa shape index (κ1) is 13.3. The van der Waals surface area contributed by atoms with Crippen LogP contribution in [0.4, 0.5) is 0 Å². The first-order chi connectivity index (χ1) is 8.26. The van der Waals surface area contributed by atoms with Gasteiger partial charge in [0.05, 0.1) is 0 Å². The van der Waals surface area contributed by atoms with Crippen LogP contribution in [0.15, 0.2) is 29.8 Å². The second-order valence-electron chi connectivity index (χ2n) is 3.79. The number of nitrogens with one attached hydrogen (secondary N) is 1. The van der Waals surface area contributed by atoms with Crippen LogP contribution in [0.2, 0.25) is 0 Å². The summed E-state index contributed by atoms with van der Waals surface area (Å²) in [5.74, 6) is 0.730. The van der Waals surface area contributed by atoms with Crippen molar-refractivity contribution >= 4 is 6.08 Å². The average molecular weight is 230 g/mol. The first-order valence-corrected chi connectivity index (χ1v) is 5.74. The number of likely N-dealkylation sites (N-methyl/N-ethyl adjacent to an activating group) is 1. The summed E-state index contributed by atoms with van der Waals surface area (Å²) in [4.78, 5) is 0. The molecule has 0 heterocycles. The van der Waals surface area contributed by atoms with Crippen molar-refractivity contribution in [3.05, 3.63) is 35.4 Å². The molecule has 0 atom stereocenters. The Morgan fingerprint density at radius 1 is 1.41 bits per heavy atom. The van der Waals surface area contributed by atoms with Gasteiger partial charge in [-0.2, -0.15) is 5.26 Å². The lowest BCUT2D eigenvalue weighted by Crippen LogP contribution is -2.14. The molecule has 1 aromatic rings. The van der Waals surface area contributed by atoms with Crippen molar-refractivity contribution in [2.24, 2.45) is 0 Å². The van der Waals surface area contributed by atoms with Crippen LogP contribution in [0, 0.1) is 11.3 Å². The van der Waals surface area contributed by atoms with E-state index in [1.165, 1.54) is 5.57 Å². The Labute approximate surface area is 103 Å². The Morgan fingerprint density at radius 2 is 2.12 bits per heavy atom. The quantitative estimate of drug-likeness (QED) is 0.817. The summed E-state index contributed by atoms with van der Waals surface area (Å²) in [7, 11) is 0. The number of nitriles is 1. The Morgan fingerprint density at radius 3 is 2.71 bits per heavy atom. The van der Waals surface area contributed by atoms with Crippen LogP contribution in [0.1, 0.15) is 19.4 Å². The molecule has 1 N–H and O–H groups in total. The minimum atomic E-state index is 0.0919. The summed E-state index contributed by atoms with van der Waals surface area (Å²) in [5.41, 5.74) is 2.43. The van der Waals surface area contributed by atoms with Crippen LogP contribution < -0.4 is 10.1 Å². The average Bonchev–Trinajstić information content (AvgIpc) is 2.35. The van der Waals surface area contributed by atoms with Crippen LogP contribution in [-0.4, -0.2) is 19.7 Å². The van der Waals surface area contributed by atoms with E-state index in [2.05, 4.69) is 25.2 Å². The van der Waals surface area contributed by atoms with E-state index in [4.69, 9.17) is 10.00 Å². The zero-order chi connectivity index (χ0) is 12.5. The lowest BCUT2D eigenvalue weighted by Gasteiger charge is -2.04. The predicted molar refractivity (Wildman–Crippen MR) is 69.7 cm³/mol. The Bertz CT molecular complexity index is 401. The second kappa shape index (κ2) is 7.48. The topological polar surface area (TPSA) is 45.0 Å². The molecule has 1 rings (SSSR count). The van der Waals surface area contributed by atoms with Gasteiger partial charge < -0.3 is 10.1 Å². The standard InChI is InChI=1S/C14H18N2O/c1-3-16-11-12(2)10-13-4-6-14(7-5-13)17-9-8-15/h4-7,10,16H,3,9,11H2,1-2H3. The molecule has 90 valence electrons. The molecule has 3 nitrogen and oxygen atoms in total. The van der Waals surface area contributed by atoms with E-state index in [1.54, 1.807) is 0 Å². The van der Waals surface area contributed by atoms with E-state index in [9.17, 15) is 0 Å². The van der Waals surface area contributed by atoms with E-state index in [0.29, 0.717) is 0 Å². The minimum absolute atomic E-state index is 0.0919. The molecule has 0 saturated carbocycles. The molecule has 17 heavy (non-hydrogen) atoms. The Hall–Kier alpha value is -1.79. The van der Waals surface area contributed by atoms with Gasteiger partial charge in [-0.3, -0.25) is 0 Å². The molecule has 1 aromatic carbocycles. The third-order valence-corrected chi connectivity index (χ3v) is 2.25. The second-order valence-corrected chi connectivity index (χ2v) is 3.79. The molecule has 0 spiro atoms. The molecule has 0 aliphatic rings. The summed E-state index contributed by atoms with van der Waals surface area (Å²) in [6.45, 7) is 6.17. The molecule has 0 unspecified atom stereocenters. The predicted octanol–water partition coefficient (Wildman–Crippen LogP) is 2.60. The lowest BCUT2D eigenvalue weighted by atomic mass is 10.1. The van der Waals surface area contributed by atoms with Gasteiger partial charge in [0.2, 0.25) is 0 Å². The van der Waals surface area contributed by atoms with Crippen molar-refractivity contribution in [1.82, 2.24) is 5.32 Å². The third kappa shape index (κ3) is 5.19. The van der Waals surface area contributed by atoms with Crippen molar-refractivity contribution in [2.45, 2.75) is 13.8 Å². The van der Waals surface area contributed by atoms with Gasteiger partial charge in [-0.15, -0.1) is 0 Å². The lowest BCUT2D eigenvalue weighted by molar-refractivity contribution is 0.368. The molecule has 0 radical (unpaired) electrons. The fourth-order valence-corrected chi connectivity index (χ4v) is 1.43. The highest BCUT2D eigenvalue weighted by Crippen LogP contribution is 2.14. The summed E-state index contributed by atoms with van der Waals surface area (Å²) < 4.78 is 5.19. The van der Waals surface area contributed by atoms with E-state index < -0.39 is 0 Å². The van der Waals surface area contributed by atoms with E-state index in [1.807, 2.05) is 30.3 Å². The maximum absolute atomic E-state index is 8.39. The molecule has 0 amide bonds. The summed E-state index contributed by atoms with van der Waals surface area (Å²) in [5, 5.41) is 11.7. The minimum Gasteiger partial charge on any atom is -0.479 e. The monoisotopic (exact) mass is 230 g/mol. The molecular formula is C14H18N2O. The van der Waals surface area contributed by atoms with Crippen molar-refractivity contribution < 1.29 is 4.74 Å². The maximum Gasteiger partial charge on any atom is 0.174 e. The largest absolute Gasteiger partial charge is 0.479 e. The molecule has 0 bridgehead atoms. The number of benzene rings is 1. The van der Waals surface area contributed by atoms with Gasteiger partial charge in [0, 0.05) is 6.54 Å². The van der Waals surface area contributed by atoms with E-state index in [0.717, 1.165) is 24.4 Å². The van der Waals surface area contributed by atoms with Crippen molar-refractivity contribution in [1.29, 1.82) is 5.26 Å². The fraction of sp³-hybridized carbons (Fsp3) is 0.357. The van der Waals surface area contributed by atoms with Gasteiger partial charge in [0.1, 0.15) is 11.8 Å². The number of ether oxygens (including phenoxy) is 1. The normalized spacial score (nSPS) is 11.0. The van der Waals surface area contributed by atoms with Crippen molar-refractivity contribution in [3.8, 4) is 11.8 Å².